The zero-order chi connectivity index (χ0) is 34.0. The van der Waals surface area contributed by atoms with Crippen LogP contribution >= 0.6 is 0 Å². The number of rotatable bonds is 7. The lowest BCUT2D eigenvalue weighted by molar-refractivity contribution is -0.166. The highest BCUT2D eigenvalue weighted by Crippen LogP contribution is 2.45. The topological polar surface area (TPSA) is 72.8 Å². The van der Waals surface area contributed by atoms with Crippen LogP contribution in [0.2, 0.25) is 0 Å². The fourth-order valence-electron chi connectivity index (χ4n) is 3.97. The highest BCUT2D eigenvalue weighted by Gasteiger charge is 2.43. The second-order valence-electron chi connectivity index (χ2n) is 8.39. The number of carbonyl (C=O) groups excluding carboxylic acids is 2. The number of cyclic esters (lactones) is 1. The Kier molecular flexibility index (Phi) is 3.33. The number of esters is 2. The van der Waals surface area contributed by atoms with E-state index in [1.165, 1.54) is 13.8 Å². The lowest BCUT2D eigenvalue weighted by atomic mass is 9.65. The molecule has 0 bridgehead atoms. The molecule has 0 spiro atoms. The molecule has 3 aliphatic rings. The molecule has 0 amide bonds. The molecule has 8 atom stereocenters. The van der Waals surface area contributed by atoms with Crippen LogP contribution in [-0.2, 0) is 19.1 Å². The van der Waals surface area contributed by atoms with Crippen molar-refractivity contribution in [2.75, 3.05) is 0 Å². The van der Waals surface area contributed by atoms with Crippen LogP contribution in [-0.4, -0.2) is 36.8 Å². The third-order valence-electron chi connectivity index (χ3n) is 6.00. The van der Waals surface area contributed by atoms with Gasteiger partial charge in [0.1, 0.15) is 12.2 Å². The van der Waals surface area contributed by atoms with E-state index >= 15 is 0 Å². The van der Waals surface area contributed by atoms with Crippen LogP contribution in [0.25, 0.3) is 0 Å². The molecule has 3 rings (SSSR count). The Labute approximate surface area is 200 Å². The number of ether oxygens (including phenoxy) is 2. The first-order valence-corrected chi connectivity index (χ1v) is 10.3. The number of fused-ring (bicyclic) bond motifs is 1. The van der Waals surface area contributed by atoms with Crippen LogP contribution < -0.4 is 0 Å². The van der Waals surface area contributed by atoms with Crippen LogP contribution in [0.4, 0.5) is 0 Å². The van der Waals surface area contributed by atoms with Crippen molar-refractivity contribution in [3.63, 3.8) is 0 Å². The van der Waals surface area contributed by atoms with E-state index in [0.717, 1.165) is 6.92 Å². The minimum Gasteiger partial charge on any atom is -0.462 e. The molecule has 1 aliphatic heterocycles. The predicted octanol–water partition coefficient (Wildman–Crippen LogP) is 4.59. The van der Waals surface area contributed by atoms with Gasteiger partial charge in [-0.05, 0) is 62.7 Å². The number of allylic oxidation sites excluding steroid dienone is 3. The lowest BCUT2D eigenvalue weighted by Crippen LogP contribution is -2.43. The molecule has 0 aromatic heterocycles. The second-order valence-corrected chi connectivity index (χ2v) is 8.39. The summed E-state index contributed by atoms with van der Waals surface area (Å²) in [5, 5.41) is 4.56. The molecule has 1 fully saturated rings. The van der Waals surface area contributed by atoms with Gasteiger partial charge in [-0.1, -0.05) is 38.9 Å². The van der Waals surface area contributed by atoms with Gasteiger partial charge in [0.25, 0.3) is 0 Å². The number of carbonyl (C=O) groups is 2. The van der Waals surface area contributed by atoms with E-state index in [4.69, 9.17) is 28.7 Å². The first-order valence-electron chi connectivity index (χ1n) is 17.2. The first-order chi connectivity index (χ1) is 19.8. The van der Waals surface area contributed by atoms with E-state index in [0.29, 0.717) is 0 Å². The summed E-state index contributed by atoms with van der Waals surface area (Å²) in [6.45, 7) is -2.74. The summed E-state index contributed by atoms with van der Waals surface area (Å²) in [5.74, 6) is -10.3. The third-order valence-corrected chi connectivity index (χ3v) is 6.00. The van der Waals surface area contributed by atoms with E-state index < -0.39 is 103 Å². The van der Waals surface area contributed by atoms with Crippen molar-refractivity contribution < 1.29 is 42.0 Å². The Morgan fingerprint density at radius 1 is 1.57 bits per heavy atom. The summed E-state index contributed by atoms with van der Waals surface area (Å²) < 4.78 is 128. The van der Waals surface area contributed by atoms with Crippen molar-refractivity contribution >= 4 is 11.9 Å². The summed E-state index contributed by atoms with van der Waals surface area (Å²) in [6.07, 6.45) is -7.72. The highest BCUT2D eigenvalue weighted by molar-refractivity contribution is 5.76. The summed E-state index contributed by atoms with van der Waals surface area (Å²) >= 11 is 0. The van der Waals surface area contributed by atoms with Gasteiger partial charge in [-0.25, -0.2) is 0 Å². The lowest BCUT2D eigenvalue weighted by Gasteiger charge is -2.44. The van der Waals surface area contributed by atoms with Gasteiger partial charge in [0, 0.05) is 26.0 Å². The summed E-state index contributed by atoms with van der Waals surface area (Å²) in [7, 11) is 0. The van der Waals surface area contributed by atoms with Crippen LogP contribution in [0.1, 0.15) is 90.8 Å². The fraction of sp³-hybridized carbons (Fsp3) is 0.760. The van der Waals surface area contributed by atoms with Gasteiger partial charge >= 0.3 is 11.9 Å². The summed E-state index contributed by atoms with van der Waals surface area (Å²) in [6, 6.07) is -2.56. The molecule has 5 nitrogen and oxygen atoms in total. The largest absolute Gasteiger partial charge is 0.462 e. The molecule has 2 aliphatic carbocycles. The average molecular weight is 433 g/mol. The SMILES string of the molecule is [2H]O[C@H]1CC(=O)OC(CC[C@@H]2[C@@H]3C(=C([2H])[C@]([2H])(C([2H])([2H])[2H])C([2H])([2H])C3OC(=O)C(C)(CC)C([2H])([2H])[2H])C([2H])=C([2H])[C@]2([2H])C)C1. The molecule has 0 aromatic carbocycles. The zero-order valence-corrected chi connectivity index (χ0v) is 17.5. The van der Waals surface area contributed by atoms with Crippen LogP contribution in [0.3, 0.4) is 0 Å². The minimum atomic E-state index is -3.55. The van der Waals surface area contributed by atoms with Gasteiger partial charge in [-0.2, -0.15) is 0 Å². The molecule has 5 heteroatoms. The number of hydrogen-bond donors (Lipinski definition) is 1. The second kappa shape index (κ2) is 9.25. The fourth-order valence-corrected chi connectivity index (χ4v) is 3.97. The molecule has 0 radical (unpaired) electrons. The van der Waals surface area contributed by atoms with Gasteiger partial charge in [0.15, 0.2) is 0 Å². The van der Waals surface area contributed by atoms with E-state index in [9.17, 15) is 9.59 Å². The van der Waals surface area contributed by atoms with Gasteiger partial charge in [0.05, 0.1) is 22.1 Å². The summed E-state index contributed by atoms with van der Waals surface area (Å²) in [5.41, 5.74) is -2.74. The maximum Gasteiger partial charge on any atom is 0.311 e. The van der Waals surface area contributed by atoms with Crippen molar-refractivity contribution in [2.45, 2.75) is 91.3 Å². The van der Waals surface area contributed by atoms with Crippen LogP contribution in [0, 0.1) is 29.0 Å². The van der Waals surface area contributed by atoms with Crippen molar-refractivity contribution in [3.05, 3.63) is 23.7 Å². The van der Waals surface area contributed by atoms with Crippen molar-refractivity contribution in [1.82, 2.24) is 0 Å². The van der Waals surface area contributed by atoms with Gasteiger partial charge in [-0.15, -0.1) is 0 Å². The van der Waals surface area contributed by atoms with Gasteiger partial charge < -0.3 is 14.6 Å². The number of aliphatic hydroxyl groups is 1. The van der Waals surface area contributed by atoms with Gasteiger partial charge in [-0.3, -0.25) is 9.59 Å². The van der Waals surface area contributed by atoms with E-state index in [-0.39, 0.29) is 32.1 Å². The van der Waals surface area contributed by atoms with E-state index in [1.54, 1.807) is 0 Å². The first kappa shape index (κ1) is 10.8. The smallest absolute Gasteiger partial charge is 0.311 e. The maximum atomic E-state index is 13.6. The monoisotopic (exact) mass is 432 g/mol. The molecule has 3 unspecified atom stereocenters. The van der Waals surface area contributed by atoms with Crippen molar-refractivity contribution in [1.29, 1.82) is 1.43 Å². The third kappa shape index (κ3) is 5.16. The van der Waals surface area contributed by atoms with Crippen LogP contribution in [0.5, 0.6) is 0 Å². The summed E-state index contributed by atoms with van der Waals surface area (Å²) in [4.78, 5) is 25.7. The Morgan fingerprint density at radius 3 is 3.10 bits per heavy atom. The number of aliphatic hydroxyl groups excluding tert-OH is 1. The quantitative estimate of drug-likeness (QED) is 0.596. The maximum absolute atomic E-state index is 13.6. The molecule has 1 N–H and O–H groups in total. The van der Waals surface area contributed by atoms with Gasteiger partial charge in [0.2, 0.25) is 1.43 Å². The van der Waals surface area contributed by atoms with E-state index in [1.807, 2.05) is 0 Å². The standard InChI is InChI=1S/C25H38O5/c1-6-25(4,5)24(28)30-21-12-15(2)11-17-8-7-16(3)20(23(17)21)10-9-19-13-18(26)14-22(27)29-19/h7-8,11,15-16,18-21,23,26H,6,9-10,12-14H2,1-5H3/t15-,16-,18+,19?,20-,21?,23-/m0/s1/i2D3,4D3,7D,8D,11D,12D2,15D,16D,26D/t15-,16-,18+,19?,20-,21?,23-,25?. The molecular weight excluding hydrogens is 380 g/mol. The Bertz CT molecular complexity index is 1220. The van der Waals surface area contributed by atoms with Crippen molar-refractivity contribution in [3.8, 4) is 0 Å². The molecule has 1 heterocycles. The Morgan fingerprint density at radius 2 is 2.40 bits per heavy atom. The normalized spacial score (nSPS) is 53.3. The molecule has 0 aromatic rings. The predicted molar refractivity (Wildman–Crippen MR) is 115 cm³/mol. The van der Waals surface area contributed by atoms with E-state index in [2.05, 4.69) is 5.11 Å². The molecule has 168 valence electrons. The Hall–Kier alpha value is -1.62. The molecule has 1 saturated heterocycles. The Balaban J connectivity index is 2.27. The van der Waals surface area contributed by atoms with Crippen molar-refractivity contribution in [2.24, 2.45) is 29.0 Å². The average Bonchev–Trinajstić information content (AvgIpc) is 2.90. The minimum absolute atomic E-state index is 0.0145. The van der Waals surface area contributed by atoms with Crippen LogP contribution in [0.15, 0.2) is 23.7 Å². The molecule has 30 heavy (non-hydrogen) atoms. The highest BCUT2D eigenvalue weighted by atomic mass is 16.6. The zero-order valence-electron chi connectivity index (χ0n) is 31.5. The molecular formula is C25H38O5. The molecule has 0 saturated carbocycles. The number of hydrogen-bond acceptors (Lipinski definition) is 5.